The normalized spacial score (nSPS) is 17.9. The first-order valence-corrected chi connectivity index (χ1v) is 13.1. The lowest BCUT2D eigenvalue weighted by Crippen LogP contribution is -2.35. The maximum Gasteiger partial charge on any atom is 0.283 e. The molecule has 2 aromatic carbocycles. The number of nitrogens with one attached hydrogen (secondary N) is 1. The van der Waals surface area contributed by atoms with Crippen LogP contribution in [-0.4, -0.2) is 71.2 Å². The van der Waals surface area contributed by atoms with Crippen LogP contribution in [0.5, 0.6) is 17.2 Å². The van der Waals surface area contributed by atoms with Crippen molar-refractivity contribution in [2.45, 2.75) is 19.3 Å². The first kappa shape index (κ1) is 25.5. The van der Waals surface area contributed by atoms with Crippen LogP contribution < -0.4 is 14.2 Å². The molecule has 0 aromatic heterocycles. The molecule has 0 atom stereocenters. The SMILES string of the molecule is COc1ccccc1OCCOc1ccc(C=C2C(=N)N3N=C(CC(=O)N4CCCC4)SC3=NC2=O)cc1. The van der Waals surface area contributed by atoms with Crippen molar-refractivity contribution in [1.82, 2.24) is 9.91 Å². The molecule has 1 saturated heterocycles. The Morgan fingerprint density at radius 3 is 2.50 bits per heavy atom. The molecule has 38 heavy (non-hydrogen) atoms. The number of benzene rings is 2. The zero-order valence-corrected chi connectivity index (χ0v) is 21.7. The number of carbonyl (C=O) groups excluding carboxylic acids is 2. The van der Waals surface area contributed by atoms with E-state index in [2.05, 4.69) is 10.1 Å². The van der Waals surface area contributed by atoms with Crippen molar-refractivity contribution in [1.29, 1.82) is 5.41 Å². The molecule has 1 N–H and O–H groups in total. The van der Waals surface area contributed by atoms with Crippen LogP contribution in [0.3, 0.4) is 0 Å². The lowest BCUT2D eigenvalue weighted by molar-refractivity contribution is -0.128. The number of thioether (sulfide) groups is 1. The summed E-state index contributed by atoms with van der Waals surface area (Å²) in [5, 5.41) is 15.1. The fraction of sp³-hybridized carbons (Fsp3) is 0.296. The second-order valence-electron chi connectivity index (χ2n) is 8.70. The number of hydrogen-bond donors (Lipinski definition) is 1. The Hall–Kier alpha value is -4.12. The first-order chi connectivity index (χ1) is 18.5. The number of para-hydroxylation sites is 2. The summed E-state index contributed by atoms with van der Waals surface area (Å²) < 4.78 is 16.7. The molecular formula is C27H27N5O5S. The standard InChI is InChI=1S/C27H27N5O5S/c1-35-21-6-2-3-7-22(21)37-15-14-36-19-10-8-18(9-11-19)16-20-25(28)32-27(29-26(20)34)38-23(30-32)17-24(33)31-12-4-5-13-31/h2-3,6-11,16,28H,4-5,12-15,17H2,1H3. The van der Waals surface area contributed by atoms with E-state index in [0.29, 0.717) is 40.7 Å². The largest absolute Gasteiger partial charge is 0.493 e. The number of fused-ring (bicyclic) bond motifs is 1. The molecule has 11 heteroatoms. The number of hydrazone groups is 1. The minimum atomic E-state index is -0.509. The van der Waals surface area contributed by atoms with Gasteiger partial charge in [0.25, 0.3) is 5.91 Å². The van der Waals surface area contributed by atoms with Crippen LogP contribution in [-0.2, 0) is 9.59 Å². The van der Waals surface area contributed by atoms with E-state index in [1.54, 1.807) is 37.5 Å². The maximum absolute atomic E-state index is 12.7. The van der Waals surface area contributed by atoms with Crippen LogP contribution >= 0.6 is 11.8 Å². The van der Waals surface area contributed by atoms with Crippen LogP contribution in [0.15, 0.2) is 64.2 Å². The number of aliphatic imine (C=N–C) groups is 1. The summed E-state index contributed by atoms with van der Waals surface area (Å²) in [6, 6.07) is 14.6. The second-order valence-corrected chi connectivity index (χ2v) is 9.74. The molecule has 1 fully saturated rings. The zero-order valence-electron chi connectivity index (χ0n) is 20.9. The fourth-order valence-electron chi connectivity index (χ4n) is 4.19. The predicted molar refractivity (Wildman–Crippen MR) is 146 cm³/mol. The topological polar surface area (TPSA) is 117 Å². The molecule has 3 heterocycles. The van der Waals surface area contributed by atoms with E-state index in [1.807, 2.05) is 29.2 Å². The minimum absolute atomic E-state index is 0.0106. The van der Waals surface area contributed by atoms with Crippen molar-refractivity contribution >= 4 is 45.7 Å². The maximum atomic E-state index is 12.7. The van der Waals surface area contributed by atoms with Crippen molar-refractivity contribution in [2.75, 3.05) is 33.4 Å². The highest BCUT2D eigenvalue weighted by molar-refractivity contribution is 8.27. The number of ether oxygens (including phenoxy) is 3. The van der Waals surface area contributed by atoms with Gasteiger partial charge in [-0.15, -0.1) is 0 Å². The number of carbonyl (C=O) groups is 2. The van der Waals surface area contributed by atoms with E-state index in [9.17, 15) is 9.59 Å². The number of hydrogen-bond acceptors (Lipinski definition) is 8. The van der Waals surface area contributed by atoms with E-state index in [0.717, 1.165) is 31.5 Å². The Morgan fingerprint density at radius 1 is 1.05 bits per heavy atom. The molecule has 5 rings (SSSR count). The van der Waals surface area contributed by atoms with Crippen LogP contribution in [0.1, 0.15) is 24.8 Å². The highest BCUT2D eigenvalue weighted by atomic mass is 32.2. The van der Waals surface area contributed by atoms with Gasteiger partial charge in [-0.05, 0) is 60.5 Å². The summed E-state index contributed by atoms with van der Waals surface area (Å²) in [7, 11) is 1.59. The summed E-state index contributed by atoms with van der Waals surface area (Å²) in [6.07, 6.45) is 3.78. The molecule has 2 aromatic rings. The quantitative estimate of drug-likeness (QED) is 0.385. The third kappa shape index (κ3) is 5.72. The van der Waals surface area contributed by atoms with Crippen molar-refractivity contribution in [3.8, 4) is 17.2 Å². The Bertz CT molecular complexity index is 1330. The highest BCUT2D eigenvalue weighted by Crippen LogP contribution is 2.30. The molecule has 3 aliphatic heterocycles. The molecule has 0 bridgehead atoms. The summed E-state index contributed by atoms with van der Waals surface area (Å²) in [6.45, 7) is 2.22. The van der Waals surface area contributed by atoms with Gasteiger partial charge in [0.05, 0.1) is 19.1 Å². The minimum Gasteiger partial charge on any atom is -0.493 e. The van der Waals surface area contributed by atoms with Gasteiger partial charge in [0.15, 0.2) is 17.3 Å². The third-order valence-corrected chi connectivity index (χ3v) is 7.04. The Labute approximate surface area is 224 Å². The number of likely N-dealkylation sites (tertiary alicyclic amines) is 1. The molecule has 2 amide bonds. The molecule has 3 aliphatic rings. The second kappa shape index (κ2) is 11.5. The summed E-state index contributed by atoms with van der Waals surface area (Å²) in [4.78, 5) is 31.1. The van der Waals surface area contributed by atoms with Crippen molar-refractivity contribution in [3.05, 3.63) is 59.7 Å². The molecule has 0 radical (unpaired) electrons. The van der Waals surface area contributed by atoms with E-state index < -0.39 is 5.91 Å². The number of amidine groups is 2. The van der Waals surface area contributed by atoms with Crippen molar-refractivity contribution in [2.24, 2.45) is 10.1 Å². The lowest BCUT2D eigenvalue weighted by Gasteiger charge is -2.20. The van der Waals surface area contributed by atoms with E-state index >= 15 is 0 Å². The van der Waals surface area contributed by atoms with Gasteiger partial charge in [0.2, 0.25) is 11.1 Å². The van der Waals surface area contributed by atoms with Crippen LogP contribution in [0.2, 0.25) is 0 Å². The van der Waals surface area contributed by atoms with E-state index in [1.165, 1.54) is 16.8 Å². The van der Waals surface area contributed by atoms with Gasteiger partial charge in [-0.1, -0.05) is 24.3 Å². The average Bonchev–Trinajstić information content (AvgIpc) is 3.61. The van der Waals surface area contributed by atoms with Gasteiger partial charge in [-0.25, -0.2) is 0 Å². The highest BCUT2D eigenvalue weighted by Gasteiger charge is 2.36. The molecule has 0 spiro atoms. The van der Waals surface area contributed by atoms with E-state index in [4.69, 9.17) is 19.6 Å². The Kier molecular flexibility index (Phi) is 7.73. The Morgan fingerprint density at radius 2 is 1.76 bits per heavy atom. The average molecular weight is 534 g/mol. The van der Waals surface area contributed by atoms with E-state index in [-0.39, 0.29) is 23.7 Å². The number of methoxy groups -OCH3 is 1. The predicted octanol–water partition coefficient (Wildman–Crippen LogP) is 3.78. The summed E-state index contributed by atoms with van der Waals surface area (Å²) in [5.41, 5.74) is 0.846. The molecule has 10 nitrogen and oxygen atoms in total. The van der Waals surface area contributed by atoms with Gasteiger partial charge in [0, 0.05) is 13.1 Å². The van der Waals surface area contributed by atoms with Crippen molar-refractivity contribution in [3.63, 3.8) is 0 Å². The molecule has 0 unspecified atom stereocenters. The number of amides is 2. The van der Waals surface area contributed by atoms with Gasteiger partial charge in [-0.3, -0.25) is 15.0 Å². The van der Waals surface area contributed by atoms with Gasteiger partial charge in [0.1, 0.15) is 24.0 Å². The first-order valence-electron chi connectivity index (χ1n) is 12.3. The molecule has 0 aliphatic carbocycles. The van der Waals surface area contributed by atoms with Crippen LogP contribution in [0.4, 0.5) is 0 Å². The van der Waals surface area contributed by atoms with Crippen LogP contribution in [0, 0.1) is 5.41 Å². The molecule has 196 valence electrons. The van der Waals surface area contributed by atoms with Gasteiger partial charge >= 0.3 is 0 Å². The van der Waals surface area contributed by atoms with Crippen LogP contribution in [0.25, 0.3) is 6.08 Å². The lowest BCUT2D eigenvalue weighted by atomic mass is 10.1. The summed E-state index contributed by atoms with van der Waals surface area (Å²) in [5.74, 6) is 1.39. The van der Waals surface area contributed by atoms with Gasteiger partial charge in [-0.2, -0.15) is 15.1 Å². The third-order valence-electron chi connectivity index (χ3n) is 6.13. The molecule has 0 saturated carbocycles. The monoisotopic (exact) mass is 533 g/mol. The van der Waals surface area contributed by atoms with Gasteiger partial charge < -0.3 is 19.1 Å². The molecular weight excluding hydrogens is 506 g/mol. The fourth-order valence-corrected chi connectivity index (χ4v) is 5.06. The Balaban J connectivity index is 1.17. The van der Waals surface area contributed by atoms with Crippen molar-refractivity contribution < 1.29 is 23.8 Å². The number of rotatable bonds is 9. The summed E-state index contributed by atoms with van der Waals surface area (Å²) >= 11 is 1.17. The smallest absolute Gasteiger partial charge is 0.283 e. The zero-order chi connectivity index (χ0) is 26.5. The number of nitrogens with zero attached hydrogens (tertiary/aromatic N) is 4.